The highest BCUT2D eigenvalue weighted by Gasteiger charge is 2.17. The van der Waals surface area contributed by atoms with Gasteiger partial charge in [0, 0.05) is 35.3 Å². The highest BCUT2D eigenvalue weighted by atomic mass is 35.5. The van der Waals surface area contributed by atoms with E-state index in [9.17, 15) is 23.7 Å². The number of aromatic nitrogens is 2. The summed E-state index contributed by atoms with van der Waals surface area (Å²) in [5, 5.41) is 19.4. The number of carbonyl (C=O) groups excluding carboxylic acids is 1. The van der Waals surface area contributed by atoms with Crippen LogP contribution in [-0.2, 0) is 0 Å². The Bertz CT molecular complexity index is 1440. The van der Waals surface area contributed by atoms with E-state index in [-0.39, 0.29) is 5.02 Å². The van der Waals surface area contributed by atoms with E-state index in [4.69, 9.17) is 11.6 Å². The fourth-order valence-electron chi connectivity index (χ4n) is 3.04. The highest BCUT2D eigenvalue weighted by Crippen LogP contribution is 2.25. The number of nitro benzene ring substituents is 1. The summed E-state index contributed by atoms with van der Waals surface area (Å²) in [5.74, 6) is -1.44. The number of non-ortho nitro benzene ring substituents is 1. The second-order valence-electron chi connectivity index (χ2n) is 7.12. The molecule has 1 amide bonds. The Morgan fingerprint density at radius 3 is 2.20 bits per heavy atom. The van der Waals surface area contributed by atoms with Crippen molar-refractivity contribution < 1.29 is 18.5 Å². The van der Waals surface area contributed by atoms with Crippen molar-refractivity contribution in [3.63, 3.8) is 0 Å². The molecule has 0 aliphatic heterocycles. The molecule has 9 nitrogen and oxygen atoms in total. The van der Waals surface area contributed by atoms with Crippen LogP contribution >= 0.6 is 11.6 Å². The van der Waals surface area contributed by atoms with Crippen LogP contribution in [0.3, 0.4) is 0 Å². The van der Waals surface area contributed by atoms with Crippen LogP contribution in [0.4, 0.5) is 43.2 Å². The first-order chi connectivity index (χ1) is 16.8. The molecule has 0 radical (unpaired) electrons. The Kier molecular flexibility index (Phi) is 6.78. The highest BCUT2D eigenvalue weighted by molar-refractivity contribution is 6.31. The summed E-state index contributed by atoms with van der Waals surface area (Å²) in [5.41, 5.74) is 0.531. The number of hydrogen-bond donors (Lipinski definition) is 3. The predicted molar refractivity (Wildman–Crippen MR) is 127 cm³/mol. The molecule has 0 saturated carbocycles. The number of benzene rings is 3. The van der Waals surface area contributed by atoms with Crippen LogP contribution in [0.15, 0.2) is 73.1 Å². The van der Waals surface area contributed by atoms with Gasteiger partial charge in [-0.25, -0.2) is 18.7 Å². The van der Waals surface area contributed by atoms with Gasteiger partial charge < -0.3 is 16.0 Å². The Morgan fingerprint density at radius 2 is 1.51 bits per heavy atom. The van der Waals surface area contributed by atoms with Crippen molar-refractivity contribution in [3.05, 3.63) is 105 Å². The summed E-state index contributed by atoms with van der Waals surface area (Å²) in [7, 11) is 0. The molecule has 1 aromatic heterocycles. The van der Waals surface area contributed by atoms with Crippen LogP contribution in [0.25, 0.3) is 0 Å². The van der Waals surface area contributed by atoms with E-state index in [1.54, 1.807) is 30.3 Å². The number of nitrogens with one attached hydrogen (secondary N) is 3. The standard InChI is InChI=1S/C23H15ClF2N6O3/c24-18-9-15(4-6-20(18)26)30-22-11-21(27-12-28-22)29-13-2-1-3-14(8-13)31-23(33)17-10-16(32(34)35)5-7-19(17)25/h1-12H,(H,31,33)(H2,27,28,29,30). The molecule has 35 heavy (non-hydrogen) atoms. The minimum atomic E-state index is -0.883. The molecule has 176 valence electrons. The average molecular weight is 497 g/mol. The summed E-state index contributed by atoms with van der Waals surface area (Å²) in [6, 6.07) is 15.0. The summed E-state index contributed by atoms with van der Waals surface area (Å²) < 4.78 is 27.4. The van der Waals surface area contributed by atoms with Gasteiger partial charge in [-0.2, -0.15) is 0 Å². The third-order valence-corrected chi connectivity index (χ3v) is 4.95. The van der Waals surface area contributed by atoms with Gasteiger partial charge in [-0.05, 0) is 42.5 Å². The molecule has 0 aliphatic carbocycles. The molecule has 0 bridgehead atoms. The topological polar surface area (TPSA) is 122 Å². The molecular formula is C23H15ClF2N6O3. The summed E-state index contributed by atoms with van der Waals surface area (Å²) in [6.07, 6.45) is 1.31. The zero-order chi connectivity index (χ0) is 24.9. The minimum Gasteiger partial charge on any atom is -0.340 e. The van der Waals surface area contributed by atoms with Gasteiger partial charge in [0.25, 0.3) is 11.6 Å². The largest absolute Gasteiger partial charge is 0.340 e. The van der Waals surface area contributed by atoms with Gasteiger partial charge in [-0.15, -0.1) is 0 Å². The van der Waals surface area contributed by atoms with Gasteiger partial charge in [0.05, 0.1) is 15.5 Å². The van der Waals surface area contributed by atoms with E-state index in [0.717, 1.165) is 18.2 Å². The monoisotopic (exact) mass is 496 g/mol. The summed E-state index contributed by atoms with van der Waals surface area (Å²) in [6.45, 7) is 0. The van der Waals surface area contributed by atoms with E-state index < -0.39 is 33.7 Å². The van der Waals surface area contributed by atoms with Crippen LogP contribution in [-0.4, -0.2) is 20.8 Å². The third kappa shape index (κ3) is 5.84. The lowest BCUT2D eigenvalue weighted by molar-refractivity contribution is -0.384. The number of halogens is 3. The lowest BCUT2D eigenvalue weighted by Crippen LogP contribution is -2.14. The Hall–Kier alpha value is -4.64. The van der Waals surface area contributed by atoms with Crippen molar-refractivity contribution >= 4 is 51.9 Å². The van der Waals surface area contributed by atoms with Gasteiger partial charge >= 0.3 is 0 Å². The molecule has 0 atom stereocenters. The first kappa shape index (κ1) is 23.5. The van der Waals surface area contributed by atoms with Crippen molar-refractivity contribution in [2.45, 2.75) is 0 Å². The second kappa shape index (κ2) is 10.1. The van der Waals surface area contributed by atoms with Crippen LogP contribution in [0.2, 0.25) is 5.02 Å². The number of hydrogen-bond acceptors (Lipinski definition) is 7. The predicted octanol–water partition coefficient (Wildman–Crippen LogP) is 6.06. The van der Waals surface area contributed by atoms with Crippen LogP contribution in [0.5, 0.6) is 0 Å². The van der Waals surface area contributed by atoms with Crippen LogP contribution < -0.4 is 16.0 Å². The Balaban J connectivity index is 1.47. The van der Waals surface area contributed by atoms with Gasteiger partial charge in [0.15, 0.2) is 0 Å². The first-order valence-corrected chi connectivity index (χ1v) is 10.3. The van der Waals surface area contributed by atoms with Gasteiger partial charge in [-0.3, -0.25) is 14.9 Å². The maximum Gasteiger partial charge on any atom is 0.270 e. The third-order valence-electron chi connectivity index (χ3n) is 4.66. The fraction of sp³-hybridized carbons (Fsp3) is 0. The average Bonchev–Trinajstić information content (AvgIpc) is 2.82. The zero-order valence-electron chi connectivity index (χ0n) is 17.6. The number of amides is 1. The maximum absolute atomic E-state index is 14.0. The molecule has 4 aromatic rings. The van der Waals surface area contributed by atoms with Gasteiger partial charge in [0.2, 0.25) is 0 Å². The number of anilines is 5. The van der Waals surface area contributed by atoms with Crippen molar-refractivity contribution in [2.75, 3.05) is 16.0 Å². The molecule has 4 rings (SSSR count). The summed E-state index contributed by atoms with van der Waals surface area (Å²) >= 11 is 5.80. The molecule has 0 spiro atoms. The van der Waals surface area contributed by atoms with Crippen molar-refractivity contribution in [2.24, 2.45) is 0 Å². The first-order valence-electron chi connectivity index (χ1n) is 9.95. The Morgan fingerprint density at radius 1 is 0.857 bits per heavy atom. The number of rotatable bonds is 7. The smallest absolute Gasteiger partial charge is 0.270 e. The molecule has 12 heteroatoms. The fourth-order valence-corrected chi connectivity index (χ4v) is 3.22. The van der Waals surface area contributed by atoms with E-state index >= 15 is 0 Å². The van der Waals surface area contributed by atoms with Crippen molar-refractivity contribution in [1.29, 1.82) is 0 Å². The van der Waals surface area contributed by atoms with Crippen molar-refractivity contribution in [1.82, 2.24) is 9.97 Å². The van der Waals surface area contributed by atoms with Gasteiger partial charge in [-0.1, -0.05) is 17.7 Å². The van der Waals surface area contributed by atoms with Gasteiger partial charge in [0.1, 0.15) is 29.6 Å². The molecule has 3 N–H and O–H groups in total. The molecule has 0 saturated heterocycles. The van der Waals surface area contributed by atoms with Crippen LogP contribution in [0, 0.1) is 21.7 Å². The number of nitro groups is 1. The molecule has 0 fully saturated rings. The van der Waals surface area contributed by atoms with E-state index in [0.29, 0.717) is 28.7 Å². The van der Waals surface area contributed by atoms with Crippen LogP contribution in [0.1, 0.15) is 10.4 Å². The van der Waals surface area contributed by atoms with E-state index in [2.05, 4.69) is 25.9 Å². The minimum absolute atomic E-state index is 0.0359. The number of carbonyl (C=O) groups is 1. The zero-order valence-corrected chi connectivity index (χ0v) is 18.4. The second-order valence-corrected chi connectivity index (χ2v) is 7.53. The lowest BCUT2D eigenvalue weighted by atomic mass is 10.1. The van der Waals surface area contributed by atoms with Crippen molar-refractivity contribution in [3.8, 4) is 0 Å². The molecule has 1 heterocycles. The molecule has 3 aromatic carbocycles. The lowest BCUT2D eigenvalue weighted by Gasteiger charge is -2.11. The SMILES string of the molecule is O=C(Nc1cccc(Nc2cc(Nc3ccc(F)c(Cl)c3)ncn2)c1)c1cc([N+](=O)[O-])ccc1F. The normalized spacial score (nSPS) is 10.5. The molecular weight excluding hydrogens is 482 g/mol. The quantitative estimate of drug-likeness (QED) is 0.210. The molecule has 0 unspecified atom stereocenters. The molecule has 0 aliphatic rings. The van der Waals surface area contributed by atoms with E-state index in [1.807, 2.05) is 0 Å². The summed E-state index contributed by atoms with van der Waals surface area (Å²) in [4.78, 5) is 30.9. The van der Waals surface area contributed by atoms with E-state index in [1.165, 1.54) is 24.5 Å². The Labute approximate surface area is 202 Å². The maximum atomic E-state index is 14.0. The number of nitrogens with zero attached hydrogens (tertiary/aromatic N) is 3.